The summed E-state index contributed by atoms with van der Waals surface area (Å²) in [5, 5.41) is 7.47. The van der Waals surface area contributed by atoms with Crippen molar-refractivity contribution < 1.29 is 18.3 Å². The zero-order chi connectivity index (χ0) is 20.9. The average Bonchev–Trinajstić information content (AvgIpc) is 3.39. The van der Waals surface area contributed by atoms with E-state index < -0.39 is 5.91 Å². The van der Waals surface area contributed by atoms with Crippen LogP contribution in [-0.4, -0.2) is 20.7 Å². The zero-order valence-corrected chi connectivity index (χ0v) is 16.3. The summed E-state index contributed by atoms with van der Waals surface area (Å²) in [4.78, 5) is 16.4. The highest BCUT2D eigenvalue weighted by Crippen LogP contribution is 2.16. The minimum atomic E-state index is -0.479. The van der Waals surface area contributed by atoms with E-state index in [9.17, 15) is 9.18 Å². The number of furan rings is 1. The van der Waals surface area contributed by atoms with Gasteiger partial charge in [-0.15, -0.1) is 5.10 Å². The highest BCUT2D eigenvalue weighted by molar-refractivity contribution is 6.30. The number of ether oxygens (including phenoxy) is 1. The van der Waals surface area contributed by atoms with Gasteiger partial charge < -0.3 is 9.15 Å². The molecule has 152 valence electrons. The molecule has 0 aliphatic heterocycles. The van der Waals surface area contributed by atoms with Gasteiger partial charge in [-0.25, -0.2) is 14.1 Å². The van der Waals surface area contributed by atoms with E-state index in [1.807, 2.05) is 12.1 Å². The van der Waals surface area contributed by atoms with Gasteiger partial charge in [0.2, 0.25) is 5.95 Å². The van der Waals surface area contributed by atoms with Gasteiger partial charge in [-0.05, 0) is 54.1 Å². The number of benzene rings is 2. The molecule has 4 rings (SSSR count). The van der Waals surface area contributed by atoms with E-state index in [-0.39, 0.29) is 24.1 Å². The van der Waals surface area contributed by atoms with Gasteiger partial charge in [0.1, 0.15) is 30.3 Å². The first-order valence-electron chi connectivity index (χ1n) is 8.97. The van der Waals surface area contributed by atoms with E-state index in [0.29, 0.717) is 23.1 Å². The van der Waals surface area contributed by atoms with Crippen LogP contribution in [0, 0.1) is 5.82 Å². The van der Waals surface area contributed by atoms with Crippen molar-refractivity contribution in [3.05, 3.63) is 94.9 Å². The molecule has 9 heteroatoms. The quantitative estimate of drug-likeness (QED) is 0.469. The molecule has 0 unspecified atom stereocenters. The summed E-state index contributed by atoms with van der Waals surface area (Å²) in [5.74, 6) is 0.381. The summed E-state index contributed by atoms with van der Waals surface area (Å²) in [6.45, 7) is 0.596. The fourth-order valence-electron chi connectivity index (χ4n) is 2.63. The fourth-order valence-corrected chi connectivity index (χ4v) is 2.76. The molecule has 0 aliphatic rings. The Morgan fingerprint density at radius 2 is 1.87 bits per heavy atom. The second-order valence-corrected chi connectivity index (χ2v) is 6.79. The largest absolute Gasteiger partial charge is 0.486 e. The highest BCUT2D eigenvalue weighted by Gasteiger charge is 2.14. The van der Waals surface area contributed by atoms with Crippen LogP contribution in [0.4, 0.5) is 10.3 Å². The first kappa shape index (κ1) is 19.7. The molecule has 1 amide bonds. The molecule has 30 heavy (non-hydrogen) atoms. The maximum atomic E-state index is 12.9. The molecule has 0 atom stereocenters. The molecule has 0 saturated heterocycles. The van der Waals surface area contributed by atoms with Crippen molar-refractivity contribution in [2.24, 2.45) is 0 Å². The van der Waals surface area contributed by atoms with Crippen LogP contribution in [0.3, 0.4) is 0 Å². The molecule has 0 bridgehead atoms. The number of halogens is 2. The third-order valence-electron chi connectivity index (χ3n) is 4.10. The third-order valence-corrected chi connectivity index (χ3v) is 4.35. The number of hydrogen-bond acceptors (Lipinski definition) is 5. The maximum Gasteiger partial charge on any atom is 0.293 e. The Bertz CT molecular complexity index is 1140. The van der Waals surface area contributed by atoms with Crippen molar-refractivity contribution in [2.45, 2.75) is 13.2 Å². The van der Waals surface area contributed by atoms with Crippen LogP contribution in [0.1, 0.15) is 21.9 Å². The first-order valence-corrected chi connectivity index (χ1v) is 9.35. The molecule has 2 aromatic heterocycles. The minimum Gasteiger partial charge on any atom is -0.486 e. The van der Waals surface area contributed by atoms with Crippen molar-refractivity contribution in [1.29, 1.82) is 0 Å². The van der Waals surface area contributed by atoms with E-state index >= 15 is 0 Å². The van der Waals surface area contributed by atoms with Gasteiger partial charge in [0.05, 0.1) is 6.54 Å². The van der Waals surface area contributed by atoms with E-state index in [2.05, 4.69) is 15.4 Å². The second kappa shape index (κ2) is 8.79. The maximum absolute atomic E-state index is 12.9. The van der Waals surface area contributed by atoms with Crippen LogP contribution in [0.5, 0.6) is 5.75 Å². The number of carbonyl (C=O) groups excluding carboxylic acids is 1. The van der Waals surface area contributed by atoms with E-state index in [1.54, 1.807) is 22.9 Å². The van der Waals surface area contributed by atoms with E-state index in [0.717, 1.165) is 5.56 Å². The number of amides is 1. The first-order chi connectivity index (χ1) is 14.5. The Morgan fingerprint density at radius 1 is 1.10 bits per heavy atom. The van der Waals surface area contributed by atoms with E-state index in [1.165, 1.54) is 36.7 Å². The Labute approximate surface area is 176 Å². The lowest BCUT2D eigenvalue weighted by Crippen LogP contribution is -2.12. The lowest BCUT2D eigenvalue weighted by Gasteiger charge is -2.03. The molecule has 0 fully saturated rings. The zero-order valence-electron chi connectivity index (χ0n) is 15.6. The van der Waals surface area contributed by atoms with Gasteiger partial charge >= 0.3 is 0 Å². The van der Waals surface area contributed by atoms with Gasteiger partial charge in [0.25, 0.3) is 5.91 Å². The number of nitrogens with zero attached hydrogens (tertiary/aromatic N) is 3. The molecule has 0 aliphatic carbocycles. The topological polar surface area (TPSA) is 82.2 Å². The van der Waals surface area contributed by atoms with Gasteiger partial charge in [-0.3, -0.25) is 10.1 Å². The van der Waals surface area contributed by atoms with Crippen LogP contribution < -0.4 is 10.1 Å². The molecule has 1 N–H and O–H groups in total. The van der Waals surface area contributed by atoms with E-state index in [4.69, 9.17) is 20.8 Å². The molecule has 0 spiro atoms. The molecular weight excluding hydrogens is 411 g/mol. The summed E-state index contributed by atoms with van der Waals surface area (Å²) < 4.78 is 25.5. The predicted octanol–water partition coefficient (Wildman–Crippen LogP) is 4.54. The van der Waals surface area contributed by atoms with Gasteiger partial charge in [-0.1, -0.05) is 23.7 Å². The predicted molar refractivity (Wildman–Crippen MR) is 108 cm³/mol. The lowest BCUT2D eigenvalue weighted by atomic mass is 10.2. The Balaban J connectivity index is 1.32. The smallest absolute Gasteiger partial charge is 0.293 e. The van der Waals surface area contributed by atoms with Crippen LogP contribution in [-0.2, 0) is 13.2 Å². The van der Waals surface area contributed by atoms with Gasteiger partial charge in [-0.2, -0.15) is 0 Å². The van der Waals surface area contributed by atoms with Crippen molar-refractivity contribution >= 4 is 23.5 Å². The molecule has 0 radical (unpaired) electrons. The Hall–Kier alpha value is -3.65. The highest BCUT2D eigenvalue weighted by atomic mass is 35.5. The third kappa shape index (κ3) is 5.03. The second-order valence-electron chi connectivity index (χ2n) is 6.35. The summed E-state index contributed by atoms with van der Waals surface area (Å²) in [6.07, 6.45) is 1.52. The Kier molecular flexibility index (Phi) is 5.76. The van der Waals surface area contributed by atoms with Gasteiger partial charge in [0, 0.05) is 5.02 Å². The standard InChI is InChI=1S/C21H16ClFN4O3/c22-15-3-1-14(2-4-15)11-27-13-24-21(26-27)25-20(28)19-10-9-18(30-19)12-29-17-7-5-16(23)6-8-17/h1-10,13H,11-12H2,(H,25,26,28). The van der Waals surface area contributed by atoms with Crippen LogP contribution in [0.15, 0.2) is 71.4 Å². The fraction of sp³-hybridized carbons (Fsp3) is 0.0952. The normalized spacial score (nSPS) is 10.7. The molecular formula is C21H16ClFN4O3. The molecule has 0 saturated carbocycles. The number of nitrogens with one attached hydrogen (secondary N) is 1. The Morgan fingerprint density at radius 3 is 2.63 bits per heavy atom. The molecule has 7 nitrogen and oxygen atoms in total. The number of rotatable bonds is 7. The van der Waals surface area contributed by atoms with Crippen molar-refractivity contribution in [3.63, 3.8) is 0 Å². The summed E-state index contributed by atoms with van der Waals surface area (Å²) >= 11 is 5.88. The molecule has 4 aromatic rings. The van der Waals surface area contributed by atoms with Crippen LogP contribution in [0.25, 0.3) is 0 Å². The number of hydrogen-bond donors (Lipinski definition) is 1. The van der Waals surface area contributed by atoms with Crippen molar-refractivity contribution in [1.82, 2.24) is 14.8 Å². The van der Waals surface area contributed by atoms with Crippen molar-refractivity contribution in [2.75, 3.05) is 5.32 Å². The van der Waals surface area contributed by atoms with Gasteiger partial charge in [0.15, 0.2) is 5.76 Å². The monoisotopic (exact) mass is 426 g/mol. The average molecular weight is 427 g/mol. The lowest BCUT2D eigenvalue weighted by molar-refractivity contribution is 0.0991. The number of aromatic nitrogens is 3. The number of anilines is 1. The minimum absolute atomic E-state index is 0.0988. The molecule has 2 heterocycles. The SMILES string of the molecule is O=C(Nc1ncn(Cc2ccc(Cl)cc2)n1)c1ccc(COc2ccc(F)cc2)o1. The summed E-state index contributed by atoms with van der Waals surface area (Å²) in [7, 11) is 0. The van der Waals surface area contributed by atoms with Crippen LogP contribution >= 0.6 is 11.6 Å². The van der Waals surface area contributed by atoms with Crippen LogP contribution in [0.2, 0.25) is 5.02 Å². The number of carbonyl (C=O) groups is 1. The summed E-state index contributed by atoms with van der Waals surface area (Å²) in [6, 6.07) is 16.2. The summed E-state index contributed by atoms with van der Waals surface area (Å²) in [5.41, 5.74) is 0.999. The van der Waals surface area contributed by atoms with Crippen molar-refractivity contribution in [3.8, 4) is 5.75 Å². The molecule has 2 aromatic carbocycles.